The highest BCUT2D eigenvalue weighted by Gasteiger charge is 2.45. The highest BCUT2D eigenvalue weighted by molar-refractivity contribution is 6.06. The Balaban J connectivity index is 0.767. The summed E-state index contributed by atoms with van der Waals surface area (Å²) in [5.74, 6) is 0.288. The van der Waals surface area contributed by atoms with Gasteiger partial charge < -0.3 is 20.4 Å². The zero-order valence-corrected chi connectivity index (χ0v) is 33.3. The van der Waals surface area contributed by atoms with Gasteiger partial charge in [-0.3, -0.25) is 34.5 Å². The Morgan fingerprint density at radius 1 is 0.898 bits per heavy atom. The number of nitrogens with zero attached hydrogens (tertiary/aromatic N) is 8. The Hall–Kier alpha value is -6.35. The van der Waals surface area contributed by atoms with Crippen LogP contribution in [0.1, 0.15) is 69.6 Å². The molecule has 3 N–H and O–H groups in total. The number of carbonyl (C=O) groups excluding carboxylic acids is 4. The first kappa shape index (κ1) is 37.0. The van der Waals surface area contributed by atoms with Crippen molar-refractivity contribution >= 4 is 52.3 Å². The molecular formula is C44H47N11O4. The third-order valence-corrected chi connectivity index (χ3v) is 12.7. The molecule has 4 fully saturated rings. The lowest BCUT2D eigenvalue weighted by Crippen LogP contribution is -2.60. The zero-order valence-electron chi connectivity index (χ0n) is 33.3. The number of aromatic nitrogens is 4. The Bertz CT molecular complexity index is 2510. The number of benzene rings is 2. The van der Waals surface area contributed by atoms with Gasteiger partial charge in [0.15, 0.2) is 17.2 Å². The van der Waals surface area contributed by atoms with Crippen LogP contribution in [0.4, 0.5) is 27.7 Å². The van der Waals surface area contributed by atoms with E-state index in [0.717, 1.165) is 92.3 Å². The van der Waals surface area contributed by atoms with Gasteiger partial charge >= 0.3 is 6.03 Å². The number of amides is 5. The molecule has 1 aliphatic carbocycles. The van der Waals surface area contributed by atoms with Crippen LogP contribution in [0, 0.1) is 12.3 Å². The molecule has 302 valence electrons. The van der Waals surface area contributed by atoms with Gasteiger partial charge in [0.2, 0.25) is 5.91 Å². The van der Waals surface area contributed by atoms with E-state index in [1.807, 2.05) is 43.3 Å². The van der Waals surface area contributed by atoms with Crippen molar-refractivity contribution in [2.45, 2.75) is 58.0 Å². The van der Waals surface area contributed by atoms with E-state index < -0.39 is 6.03 Å². The number of piperidine rings is 1. The van der Waals surface area contributed by atoms with E-state index in [2.05, 4.69) is 61.1 Å². The Kier molecular flexibility index (Phi) is 9.07. The fraction of sp³-hybridized carbons (Fsp3) is 0.386. The van der Waals surface area contributed by atoms with Crippen molar-refractivity contribution in [3.8, 4) is 11.3 Å². The van der Waals surface area contributed by atoms with Crippen LogP contribution in [-0.4, -0.2) is 105 Å². The molecule has 10 rings (SSSR count). The van der Waals surface area contributed by atoms with E-state index >= 15 is 0 Å². The van der Waals surface area contributed by atoms with Crippen molar-refractivity contribution in [3.63, 3.8) is 0 Å². The van der Waals surface area contributed by atoms with Crippen LogP contribution in [0.25, 0.3) is 16.9 Å². The van der Waals surface area contributed by atoms with Gasteiger partial charge in [0.05, 0.1) is 17.6 Å². The second-order valence-electron chi connectivity index (χ2n) is 16.7. The molecule has 3 aromatic heterocycles. The molecule has 5 amide bonds. The van der Waals surface area contributed by atoms with Crippen LogP contribution in [0.5, 0.6) is 0 Å². The van der Waals surface area contributed by atoms with E-state index in [0.29, 0.717) is 42.2 Å². The van der Waals surface area contributed by atoms with Crippen LogP contribution in [-0.2, 0) is 17.8 Å². The number of pyridine rings is 1. The van der Waals surface area contributed by atoms with Crippen molar-refractivity contribution in [2.24, 2.45) is 5.41 Å². The minimum atomic E-state index is -0.448. The van der Waals surface area contributed by atoms with Crippen LogP contribution >= 0.6 is 0 Å². The van der Waals surface area contributed by atoms with Crippen molar-refractivity contribution in [2.75, 3.05) is 61.4 Å². The zero-order chi connectivity index (χ0) is 40.4. The number of rotatable bonds is 9. The van der Waals surface area contributed by atoms with E-state index in [-0.39, 0.29) is 35.6 Å². The Morgan fingerprint density at radius 2 is 1.71 bits per heavy atom. The third-order valence-electron chi connectivity index (χ3n) is 12.7. The maximum atomic E-state index is 13.6. The molecule has 2 aromatic carbocycles. The number of likely N-dealkylation sites (tertiary alicyclic amines) is 2. The SMILES string of the molecule is CNc1cc(N2CCc3c(-c4ccc(CN5CC6(CCN(C(=O)c7ccc(C)c(N8CCC(=O)NC8=O)c7)CC6)C5)cn4)cccc32)nn2c(C(=O)NC3CC3)cnc12. The fourth-order valence-electron chi connectivity index (χ4n) is 9.29. The largest absolute Gasteiger partial charge is 0.385 e. The van der Waals surface area contributed by atoms with Gasteiger partial charge in [-0.1, -0.05) is 24.3 Å². The van der Waals surface area contributed by atoms with Crippen molar-refractivity contribution in [3.05, 3.63) is 94.9 Å². The number of urea groups is 1. The van der Waals surface area contributed by atoms with E-state index in [1.165, 1.54) is 11.1 Å². The number of hydrogen-bond acceptors (Lipinski definition) is 10. The molecule has 15 nitrogen and oxygen atoms in total. The summed E-state index contributed by atoms with van der Waals surface area (Å²) in [4.78, 5) is 68.5. The molecular weight excluding hydrogens is 747 g/mol. The minimum absolute atomic E-state index is 0.0206. The maximum Gasteiger partial charge on any atom is 0.328 e. The van der Waals surface area contributed by atoms with E-state index in [4.69, 9.17) is 10.1 Å². The van der Waals surface area contributed by atoms with Crippen LogP contribution in [0.2, 0.25) is 0 Å². The lowest BCUT2D eigenvalue weighted by molar-refractivity contribution is -0.120. The number of anilines is 4. The van der Waals surface area contributed by atoms with Gasteiger partial charge in [0, 0.05) is 100 Å². The summed E-state index contributed by atoms with van der Waals surface area (Å²) < 4.78 is 1.65. The number of imidazole rings is 1. The highest BCUT2D eigenvalue weighted by atomic mass is 16.2. The quantitative estimate of drug-likeness (QED) is 0.187. The number of fused-ring (bicyclic) bond motifs is 2. The molecule has 0 unspecified atom stereocenters. The summed E-state index contributed by atoms with van der Waals surface area (Å²) >= 11 is 0. The monoisotopic (exact) mass is 793 g/mol. The van der Waals surface area contributed by atoms with Crippen LogP contribution in [0.15, 0.2) is 67.0 Å². The normalized spacial score (nSPS) is 18.8. The van der Waals surface area contributed by atoms with Gasteiger partial charge in [-0.25, -0.2) is 14.3 Å². The van der Waals surface area contributed by atoms with Crippen molar-refractivity contribution < 1.29 is 19.2 Å². The number of hydrogen-bond donors (Lipinski definition) is 3. The van der Waals surface area contributed by atoms with Crippen LogP contribution < -0.4 is 25.8 Å². The third kappa shape index (κ3) is 6.82. The first-order chi connectivity index (χ1) is 28.6. The van der Waals surface area contributed by atoms with Gasteiger partial charge in [0.1, 0.15) is 0 Å². The summed E-state index contributed by atoms with van der Waals surface area (Å²) in [6, 6.07) is 17.9. The minimum Gasteiger partial charge on any atom is -0.385 e. The van der Waals surface area contributed by atoms with Crippen LogP contribution in [0.3, 0.4) is 0 Å². The van der Waals surface area contributed by atoms with Gasteiger partial charge in [-0.15, -0.1) is 5.10 Å². The van der Waals surface area contributed by atoms with E-state index in [1.54, 1.807) is 21.7 Å². The number of imide groups is 1. The molecule has 3 saturated heterocycles. The summed E-state index contributed by atoms with van der Waals surface area (Å²) in [6.45, 7) is 7.19. The van der Waals surface area contributed by atoms with Gasteiger partial charge in [-0.05, 0) is 85.4 Å². The average Bonchev–Trinajstić information content (AvgIpc) is 3.76. The first-order valence-electron chi connectivity index (χ1n) is 20.6. The number of aryl methyl sites for hydroxylation is 1. The highest BCUT2D eigenvalue weighted by Crippen LogP contribution is 2.43. The molecule has 0 radical (unpaired) electrons. The molecule has 1 spiro atoms. The van der Waals surface area contributed by atoms with Gasteiger partial charge in [0.25, 0.3) is 11.8 Å². The molecule has 4 aliphatic heterocycles. The molecule has 1 saturated carbocycles. The predicted octanol–water partition coefficient (Wildman–Crippen LogP) is 4.91. The van der Waals surface area contributed by atoms with Gasteiger partial charge in [-0.2, -0.15) is 0 Å². The maximum absolute atomic E-state index is 13.6. The lowest BCUT2D eigenvalue weighted by atomic mass is 9.72. The molecule has 5 aliphatic rings. The molecule has 0 bridgehead atoms. The summed E-state index contributed by atoms with van der Waals surface area (Å²) in [7, 11) is 1.85. The van der Waals surface area contributed by atoms with Crippen molar-refractivity contribution in [1.29, 1.82) is 0 Å². The molecule has 15 heteroatoms. The second kappa shape index (κ2) is 14.5. The molecule has 59 heavy (non-hydrogen) atoms. The van der Waals surface area contributed by atoms with E-state index in [9.17, 15) is 19.2 Å². The standard InChI is InChI=1S/C44H47N11O4/c1-27-6-8-29(20-36(27)54-17-13-39(56)49-43(54)59)42(58)52-18-14-44(15-19-52)25-51(26-44)24-28-7-11-33(46-22-28)31-4-3-5-35-32(31)12-16-53(35)38-21-34(45-2)40-47-23-37(55(40)50-38)41(57)48-30-9-10-30/h3-8,11,20-23,30,45H,9-10,12-19,24-26H2,1-2H3,(H,48,57)(H,49,56,59). The molecule has 5 aromatic rings. The fourth-order valence-corrected chi connectivity index (χ4v) is 9.29. The number of nitrogens with one attached hydrogen (secondary N) is 3. The molecule has 7 heterocycles. The average molecular weight is 794 g/mol. The summed E-state index contributed by atoms with van der Waals surface area (Å²) in [6.07, 6.45) is 8.60. The Labute approximate surface area is 341 Å². The lowest BCUT2D eigenvalue weighted by Gasteiger charge is -2.54. The summed E-state index contributed by atoms with van der Waals surface area (Å²) in [5, 5.41) is 13.6. The predicted molar refractivity (Wildman–Crippen MR) is 223 cm³/mol. The summed E-state index contributed by atoms with van der Waals surface area (Å²) in [5.41, 5.74) is 9.69. The number of carbonyl (C=O) groups is 4. The topological polar surface area (TPSA) is 160 Å². The molecule has 0 atom stereocenters. The second-order valence-corrected chi connectivity index (χ2v) is 16.7. The smallest absolute Gasteiger partial charge is 0.328 e. The first-order valence-corrected chi connectivity index (χ1v) is 20.6. The Morgan fingerprint density at radius 3 is 2.46 bits per heavy atom. The van der Waals surface area contributed by atoms with Crippen molar-refractivity contribution in [1.82, 2.24) is 40.0 Å².